The summed E-state index contributed by atoms with van der Waals surface area (Å²) in [6, 6.07) is 10.5. The molecular weight excluding hydrogens is 326 g/mol. The maximum absolute atomic E-state index is 10.6. The molecule has 3 N–H and O–H groups in total. The summed E-state index contributed by atoms with van der Waals surface area (Å²) in [7, 11) is 1.74. The summed E-state index contributed by atoms with van der Waals surface area (Å²) < 4.78 is 0. The number of nitrogens with zero attached hydrogens (tertiary/aromatic N) is 2. The zero-order chi connectivity index (χ0) is 17.2. The summed E-state index contributed by atoms with van der Waals surface area (Å²) in [4.78, 5) is 15.7. The van der Waals surface area contributed by atoms with Crippen LogP contribution in [0.25, 0.3) is 0 Å². The second-order valence-corrected chi connectivity index (χ2v) is 6.02. The molecule has 0 aliphatic carbocycles. The molecule has 0 amide bonds. The number of guanidine groups is 1. The minimum atomic E-state index is -0.406. The van der Waals surface area contributed by atoms with Crippen molar-refractivity contribution < 1.29 is 4.92 Å². The van der Waals surface area contributed by atoms with E-state index in [4.69, 9.17) is 0 Å². The van der Waals surface area contributed by atoms with Crippen molar-refractivity contribution in [2.24, 2.45) is 4.99 Å². The second kappa shape index (κ2) is 9.51. The van der Waals surface area contributed by atoms with Crippen molar-refractivity contribution >= 4 is 28.7 Å². The van der Waals surface area contributed by atoms with E-state index in [1.165, 1.54) is 17.0 Å². The van der Waals surface area contributed by atoms with Crippen LogP contribution in [0, 0.1) is 10.1 Å². The summed E-state index contributed by atoms with van der Waals surface area (Å²) in [5.41, 5.74) is 0.942. The Labute approximate surface area is 145 Å². The lowest BCUT2D eigenvalue weighted by Crippen LogP contribution is -2.40. The number of hydrogen-bond acceptors (Lipinski definition) is 5. The number of nitro groups is 1. The van der Waals surface area contributed by atoms with Gasteiger partial charge >= 0.3 is 0 Å². The van der Waals surface area contributed by atoms with Gasteiger partial charge in [0.1, 0.15) is 0 Å². The van der Waals surface area contributed by atoms with Crippen molar-refractivity contribution in [1.29, 1.82) is 0 Å². The molecule has 0 atom stereocenters. The Balaban J connectivity index is 1.63. The number of rotatable bonds is 8. The number of hydrogen-bond donors (Lipinski definition) is 3. The van der Waals surface area contributed by atoms with Gasteiger partial charge in [-0.1, -0.05) is 6.07 Å². The number of thiophene rings is 1. The van der Waals surface area contributed by atoms with Gasteiger partial charge < -0.3 is 16.0 Å². The quantitative estimate of drug-likeness (QED) is 0.224. The molecule has 1 aromatic carbocycles. The molecule has 0 spiro atoms. The lowest BCUT2D eigenvalue weighted by molar-refractivity contribution is -0.384. The summed E-state index contributed by atoms with van der Waals surface area (Å²) >= 11 is 1.75. The molecule has 24 heavy (non-hydrogen) atoms. The van der Waals surface area contributed by atoms with Crippen LogP contribution in [-0.2, 0) is 6.42 Å². The molecule has 2 rings (SSSR count). The van der Waals surface area contributed by atoms with E-state index in [9.17, 15) is 10.1 Å². The Morgan fingerprint density at radius 1 is 1.17 bits per heavy atom. The molecule has 0 fully saturated rings. The smallest absolute Gasteiger partial charge is 0.269 e. The zero-order valence-corrected chi connectivity index (χ0v) is 14.3. The van der Waals surface area contributed by atoms with Gasteiger partial charge in [-0.05, 0) is 30.0 Å². The lowest BCUT2D eigenvalue weighted by atomic mass is 10.3. The van der Waals surface area contributed by atoms with Crippen LogP contribution in [0.2, 0.25) is 0 Å². The normalized spacial score (nSPS) is 11.1. The van der Waals surface area contributed by atoms with Crippen LogP contribution in [0.4, 0.5) is 11.4 Å². The molecule has 0 aliphatic rings. The van der Waals surface area contributed by atoms with E-state index in [1.54, 1.807) is 30.5 Å². The molecule has 0 saturated heterocycles. The molecule has 0 unspecified atom stereocenters. The van der Waals surface area contributed by atoms with E-state index in [1.807, 2.05) is 0 Å². The Morgan fingerprint density at radius 3 is 2.54 bits per heavy atom. The first-order valence-corrected chi connectivity index (χ1v) is 8.52. The highest BCUT2D eigenvalue weighted by Crippen LogP contribution is 2.14. The molecule has 7 nitrogen and oxygen atoms in total. The fourth-order valence-electron chi connectivity index (χ4n) is 2.07. The summed E-state index contributed by atoms with van der Waals surface area (Å²) in [6.45, 7) is 2.20. The molecule has 128 valence electrons. The van der Waals surface area contributed by atoms with Crippen molar-refractivity contribution in [2.75, 3.05) is 32.0 Å². The number of aliphatic imine (C=N–C) groups is 1. The van der Waals surface area contributed by atoms with Gasteiger partial charge in [0, 0.05) is 49.4 Å². The Kier molecular flexibility index (Phi) is 7.03. The van der Waals surface area contributed by atoms with Crippen LogP contribution in [0.15, 0.2) is 46.8 Å². The number of non-ortho nitro benzene ring substituents is 1. The fourth-order valence-corrected chi connectivity index (χ4v) is 2.78. The third kappa shape index (κ3) is 5.88. The average Bonchev–Trinajstić information content (AvgIpc) is 3.10. The Bertz CT molecular complexity index is 656. The molecule has 8 heteroatoms. The summed E-state index contributed by atoms with van der Waals surface area (Å²) in [5.74, 6) is 0.761. The van der Waals surface area contributed by atoms with E-state index < -0.39 is 4.92 Å². The van der Waals surface area contributed by atoms with Crippen LogP contribution in [0.1, 0.15) is 4.88 Å². The largest absolute Gasteiger partial charge is 0.383 e. The van der Waals surface area contributed by atoms with E-state index in [0.717, 1.165) is 24.6 Å². The number of nitrogens with one attached hydrogen (secondary N) is 3. The molecule has 0 radical (unpaired) electrons. The molecule has 0 saturated carbocycles. The highest BCUT2D eigenvalue weighted by molar-refractivity contribution is 7.09. The standard InChI is InChI=1S/C16H21N5O2S/c1-17-16(19-9-8-15-3-2-12-24-15)20-11-10-18-13-4-6-14(7-5-13)21(22)23/h2-7,12,18H,8-11H2,1H3,(H2,17,19,20). The van der Waals surface area contributed by atoms with Gasteiger partial charge in [0.25, 0.3) is 5.69 Å². The van der Waals surface area contributed by atoms with Crippen molar-refractivity contribution in [2.45, 2.75) is 6.42 Å². The van der Waals surface area contributed by atoms with Crippen LogP contribution < -0.4 is 16.0 Å². The fraction of sp³-hybridized carbons (Fsp3) is 0.312. The predicted molar refractivity (Wildman–Crippen MR) is 99.0 cm³/mol. The third-order valence-electron chi connectivity index (χ3n) is 3.29. The Morgan fingerprint density at radius 2 is 1.92 bits per heavy atom. The highest BCUT2D eigenvalue weighted by Gasteiger charge is 2.03. The second-order valence-electron chi connectivity index (χ2n) is 4.99. The SMILES string of the molecule is CN=C(NCCNc1ccc([N+](=O)[O-])cc1)NCCc1cccs1. The van der Waals surface area contributed by atoms with Gasteiger partial charge in [0.2, 0.25) is 0 Å². The summed E-state index contributed by atoms with van der Waals surface area (Å²) in [5, 5.41) is 22.4. The predicted octanol–water partition coefficient (Wildman–Crippen LogP) is 2.48. The van der Waals surface area contributed by atoms with Crippen LogP contribution in [-0.4, -0.2) is 37.6 Å². The van der Waals surface area contributed by atoms with Gasteiger partial charge in [-0.2, -0.15) is 0 Å². The first kappa shape index (κ1) is 17.7. The van der Waals surface area contributed by atoms with Crippen LogP contribution in [0.5, 0.6) is 0 Å². The van der Waals surface area contributed by atoms with E-state index in [-0.39, 0.29) is 5.69 Å². The number of nitro benzene ring substituents is 1. The minimum Gasteiger partial charge on any atom is -0.383 e. The minimum absolute atomic E-state index is 0.0917. The summed E-state index contributed by atoms with van der Waals surface area (Å²) in [6.07, 6.45) is 0.972. The van der Waals surface area contributed by atoms with Gasteiger partial charge in [0.05, 0.1) is 4.92 Å². The third-order valence-corrected chi connectivity index (χ3v) is 4.23. The first-order valence-electron chi connectivity index (χ1n) is 7.64. The van der Waals surface area contributed by atoms with Gasteiger partial charge in [0.15, 0.2) is 5.96 Å². The van der Waals surface area contributed by atoms with E-state index >= 15 is 0 Å². The van der Waals surface area contributed by atoms with Gasteiger partial charge in [-0.15, -0.1) is 11.3 Å². The molecular formula is C16H21N5O2S. The van der Waals surface area contributed by atoms with Crippen molar-refractivity contribution in [3.8, 4) is 0 Å². The average molecular weight is 347 g/mol. The number of benzene rings is 1. The highest BCUT2D eigenvalue weighted by atomic mass is 32.1. The van der Waals surface area contributed by atoms with Crippen LogP contribution in [0.3, 0.4) is 0 Å². The zero-order valence-electron chi connectivity index (χ0n) is 13.5. The lowest BCUT2D eigenvalue weighted by Gasteiger charge is -2.12. The maximum atomic E-state index is 10.6. The molecule has 0 bridgehead atoms. The maximum Gasteiger partial charge on any atom is 0.269 e. The van der Waals surface area contributed by atoms with E-state index in [2.05, 4.69) is 38.5 Å². The van der Waals surface area contributed by atoms with E-state index in [0.29, 0.717) is 13.1 Å². The first-order chi connectivity index (χ1) is 11.7. The number of anilines is 1. The van der Waals surface area contributed by atoms with Crippen molar-refractivity contribution in [3.05, 3.63) is 56.8 Å². The van der Waals surface area contributed by atoms with Gasteiger partial charge in [-0.25, -0.2) is 0 Å². The van der Waals surface area contributed by atoms with Crippen LogP contribution >= 0.6 is 11.3 Å². The Hall–Kier alpha value is -2.61. The van der Waals surface area contributed by atoms with Crippen molar-refractivity contribution in [1.82, 2.24) is 10.6 Å². The topological polar surface area (TPSA) is 91.6 Å². The van der Waals surface area contributed by atoms with Crippen molar-refractivity contribution in [3.63, 3.8) is 0 Å². The monoisotopic (exact) mass is 347 g/mol. The van der Waals surface area contributed by atoms with Gasteiger partial charge in [-0.3, -0.25) is 15.1 Å². The molecule has 2 aromatic rings. The molecule has 0 aliphatic heterocycles. The molecule has 1 aromatic heterocycles. The molecule has 1 heterocycles.